The van der Waals surface area contributed by atoms with Crippen molar-refractivity contribution in [2.24, 2.45) is 0 Å². The number of alkyl halides is 3. The standard InChI is InChI=1S/C50H45F3O7S2/c51-50(52,53)62(54,55)45-26-25-39(27-41-29-40-23-13-14-24-44(40)61-41)28-42(45)46-48(58-32-37-19-9-3-10-20-37)49(59-33-38-21-11-4-12-22-38)47(57-31-36-17-7-2-8-18-36)43(60-46)34-56-30-35-15-5-1-6-16-35/h1-26,28-29,43,46-49H,27,30-34H2/t43-,46+,47-,48+,49+/m1/s1. The average molecular weight is 879 g/mol. The highest BCUT2D eigenvalue weighted by atomic mass is 32.2. The Morgan fingerprint density at radius 1 is 0.548 bits per heavy atom. The Morgan fingerprint density at radius 3 is 1.60 bits per heavy atom. The average Bonchev–Trinajstić information content (AvgIpc) is 3.70. The predicted octanol–water partition coefficient (Wildman–Crippen LogP) is 11.2. The summed E-state index contributed by atoms with van der Waals surface area (Å²) in [5.41, 5.74) is -1.82. The number of rotatable bonds is 17. The molecule has 320 valence electrons. The van der Waals surface area contributed by atoms with E-state index in [-0.39, 0.29) is 38.6 Å². The van der Waals surface area contributed by atoms with Crippen LogP contribution >= 0.6 is 11.3 Å². The van der Waals surface area contributed by atoms with Crippen LogP contribution in [-0.4, -0.2) is 44.9 Å². The fraction of sp³-hybridized carbons (Fsp3) is 0.240. The third kappa shape index (κ3) is 10.5. The van der Waals surface area contributed by atoms with Crippen LogP contribution in [-0.2, 0) is 66.4 Å². The molecule has 0 aliphatic carbocycles. The lowest BCUT2D eigenvalue weighted by Crippen LogP contribution is -2.58. The second-order valence-electron chi connectivity index (χ2n) is 15.1. The highest BCUT2D eigenvalue weighted by molar-refractivity contribution is 7.92. The van der Waals surface area contributed by atoms with Gasteiger partial charge >= 0.3 is 5.51 Å². The molecule has 12 heteroatoms. The van der Waals surface area contributed by atoms with Gasteiger partial charge in [-0.15, -0.1) is 11.3 Å². The second-order valence-corrected chi connectivity index (χ2v) is 18.2. The zero-order valence-corrected chi connectivity index (χ0v) is 35.2. The molecule has 1 aliphatic heterocycles. The van der Waals surface area contributed by atoms with E-state index in [4.69, 9.17) is 23.7 Å². The van der Waals surface area contributed by atoms with E-state index in [9.17, 15) is 21.6 Å². The topological polar surface area (TPSA) is 80.3 Å². The molecule has 1 fully saturated rings. The van der Waals surface area contributed by atoms with Crippen molar-refractivity contribution in [3.8, 4) is 0 Å². The number of sulfone groups is 1. The van der Waals surface area contributed by atoms with Crippen molar-refractivity contribution in [2.45, 2.75) is 73.8 Å². The molecule has 0 radical (unpaired) electrons. The Hall–Kier alpha value is -5.18. The van der Waals surface area contributed by atoms with Crippen molar-refractivity contribution in [3.63, 3.8) is 0 Å². The van der Waals surface area contributed by atoms with Crippen molar-refractivity contribution in [1.82, 2.24) is 0 Å². The minimum Gasteiger partial charge on any atom is -0.374 e. The molecule has 0 amide bonds. The van der Waals surface area contributed by atoms with E-state index < -0.39 is 50.8 Å². The quantitative estimate of drug-likeness (QED) is 0.0901. The summed E-state index contributed by atoms with van der Waals surface area (Å²) in [5.74, 6) is 0. The van der Waals surface area contributed by atoms with Gasteiger partial charge < -0.3 is 23.7 Å². The van der Waals surface area contributed by atoms with Gasteiger partial charge in [0.05, 0.1) is 37.9 Å². The Kier molecular flexibility index (Phi) is 13.9. The maximum absolute atomic E-state index is 14.7. The zero-order valence-electron chi connectivity index (χ0n) is 33.6. The van der Waals surface area contributed by atoms with E-state index in [2.05, 4.69) is 0 Å². The molecule has 2 heterocycles. The van der Waals surface area contributed by atoms with Crippen LogP contribution in [0.2, 0.25) is 0 Å². The molecule has 6 aromatic carbocycles. The highest BCUT2D eigenvalue weighted by Crippen LogP contribution is 2.44. The summed E-state index contributed by atoms with van der Waals surface area (Å²) in [6.07, 6.45) is -5.09. The van der Waals surface area contributed by atoms with Crippen molar-refractivity contribution in [1.29, 1.82) is 0 Å². The van der Waals surface area contributed by atoms with Gasteiger partial charge in [0.1, 0.15) is 30.5 Å². The van der Waals surface area contributed by atoms with Gasteiger partial charge in [0, 0.05) is 21.6 Å². The summed E-state index contributed by atoms with van der Waals surface area (Å²) in [4.78, 5) is 0.0356. The van der Waals surface area contributed by atoms with Crippen LogP contribution in [0.4, 0.5) is 13.2 Å². The summed E-state index contributed by atoms with van der Waals surface area (Å²) < 4.78 is 106. The lowest BCUT2D eigenvalue weighted by molar-refractivity contribution is -0.275. The zero-order chi connectivity index (χ0) is 42.9. The summed E-state index contributed by atoms with van der Waals surface area (Å²) in [7, 11) is -5.90. The number of thiophene rings is 1. The van der Waals surface area contributed by atoms with Gasteiger partial charge in [-0.05, 0) is 51.4 Å². The SMILES string of the molecule is O=S(=O)(c1ccc(Cc2cc3ccccc3s2)cc1[C@@H]1O[C@H](COCc2ccccc2)[C@@H](OCc2ccccc2)[C@H](OCc2ccccc2)[C@H]1OCc1ccccc1)C(F)(F)F. The minimum atomic E-state index is -5.90. The Morgan fingerprint density at radius 2 is 1.05 bits per heavy atom. The highest BCUT2D eigenvalue weighted by Gasteiger charge is 2.53. The second kappa shape index (κ2) is 19.9. The summed E-state index contributed by atoms with van der Waals surface area (Å²) in [6, 6.07) is 51.8. The number of hydrogen-bond donors (Lipinski definition) is 0. The number of ether oxygens (including phenoxy) is 5. The molecule has 7 aromatic rings. The van der Waals surface area contributed by atoms with Gasteiger partial charge in [0.15, 0.2) is 0 Å². The lowest BCUT2D eigenvalue weighted by Gasteiger charge is -2.46. The molecule has 1 saturated heterocycles. The van der Waals surface area contributed by atoms with E-state index in [1.807, 2.05) is 152 Å². The maximum atomic E-state index is 14.7. The van der Waals surface area contributed by atoms with Crippen LogP contribution in [0.3, 0.4) is 0 Å². The van der Waals surface area contributed by atoms with Crippen LogP contribution in [0.15, 0.2) is 175 Å². The first-order chi connectivity index (χ1) is 30.1. The van der Waals surface area contributed by atoms with Gasteiger partial charge in [-0.2, -0.15) is 13.2 Å². The van der Waals surface area contributed by atoms with E-state index in [1.165, 1.54) is 12.1 Å². The first kappa shape index (κ1) is 43.5. The van der Waals surface area contributed by atoms with Crippen LogP contribution in [0, 0.1) is 0 Å². The smallest absolute Gasteiger partial charge is 0.374 e. The van der Waals surface area contributed by atoms with E-state index >= 15 is 0 Å². The number of hydrogen-bond acceptors (Lipinski definition) is 8. The third-order valence-corrected chi connectivity index (χ3v) is 13.4. The van der Waals surface area contributed by atoms with Crippen LogP contribution in [0.25, 0.3) is 10.1 Å². The largest absolute Gasteiger partial charge is 0.501 e. The van der Waals surface area contributed by atoms with Crippen LogP contribution in [0.5, 0.6) is 0 Å². The fourth-order valence-corrected chi connectivity index (χ4v) is 9.75. The molecule has 1 aromatic heterocycles. The van der Waals surface area contributed by atoms with Crippen LogP contribution in [0.1, 0.15) is 44.4 Å². The Bertz CT molecular complexity index is 2580. The van der Waals surface area contributed by atoms with E-state index in [0.29, 0.717) is 12.0 Å². The first-order valence-corrected chi connectivity index (χ1v) is 22.6. The van der Waals surface area contributed by atoms with Crippen LogP contribution < -0.4 is 0 Å². The normalized spacial score (nSPS) is 19.4. The van der Waals surface area contributed by atoms with Gasteiger partial charge in [-0.3, -0.25) is 0 Å². The minimum absolute atomic E-state index is 0.0139. The molecule has 0 unspecified atom stereocenters. The van der Waals surface area contributed by atoms with Crippen molar-refractivity contribution < 1.29 is 45.3 Å². The molecule has 5 atom stereocenters. The molecule has 8 rings (SSSR count). The molecular formula is C50H45F3O7S2. The number of benzene rings is 6. The van der Waals surface area contributed by atoms with Crippen molar-refractivity contribution in [3.05, 3.63) is 208 Å². The van der Waals surface area contributed by atoms with E-state index in [1.54, 1.807) is 11.3 Å². The third-order valence-electron chi connectivity index (χ3n) is 10.7. The van der Waals surface area contributed by atoms with Crippen molar-refractivity contribution >= 4 is 31.3 Å². The summed E-state index contributed by atoms with van der Waals surface area (Å²) >= 11 is 1.56. The van der Waals surface area contributed by atoms with Gasteiger partial charge in [0.2, 0.25) is 0 Å². The molecule has 7 nitrogen and oxygen atoms in total. The van der Waals surface area contributed by atoms with Gasteiger partial charge in [-0.1, -0.05) is 152 Å². The van der Waals surface area contributed by atoms with Gasteiger partial charge in [0.25, 0.3) is 9.84 Å². The lowest BCUT2D eigenvalue weighted by atomic mass is 9.89. The molecular weight excluding hydrogens is 834 g/mol. The Balaban J connectivity index is 1.25. The molecule has 62 heavy (non-hydrogen) atoms. The maximum Gasteiger partial charge on any atom is 0.501 e. The summed E-state index contributed by atoms with van der Waals surface area (Å²) in [6.45, 7) is 0.387. The molecule has 0 N–H and O–H groups in total. The molecule has 0 saturated carbocycles. The molecule has 1 aliphatic rings. The summed E-state index contributed by atoms with van der Waals surface area (Å²) in [5, 5.41) is 1.03. The Labute approximate surface area is 363 Å². The molecule has 0 bridgehead atoms. The fourth-order valence-electron chi connectivity index (χ4n) is 7.66. The number of fused-ring (bicyclic) bond motifs is 1. The van der Waals surface area contributed by atoms with E-state index in [0.717, 1.165) is 43.3 Å². The first-order valence-electron chi connectivity index (χ1n) is 20.3. The molecule has 0 spiro atoms. The monoisotopic (exact) mass is 878 g/mol. The predicted molar refractivity (Wildman–Crippen MR) is 233 cm³/mol. The van der Waals surface area contributed by atoms with Crippen molar-refractivity contribution in [2.75, 3.05) is 6.61 Å². The van der Waals surface area contributed by atoms with Gasteiger partial charge in [-0.25, -0.2) is 8.42 Å². The number of halogens is 3.